The predicted octanol–water partition coefficient (Wildman–Crippen LogP) is 3.53. The lowest BCUT2D eigenvalue weighted by Crippen LogP contribution is -2.41. The van der Waals surface area contributed by atoms with Gasteiger partial charge in [0.1, 0.15) is 0 Å². The summed E-state index contributed by atoms with van der Waals surface area (Å²) in [5, 5.41) is 5.26. The van der Waals surface area contributed by atoms with Crippen LogP contribution in [-0.4, -0.2) is 67.0 Å². The molecule has 0 aliphatic carbocycles. The number of primary amides is 1. The first-order valence-corrected chi connectivity index (χ1v) is 14.6. The van der Waals surface area contributed by atoms with Crippen LogP contribution in [0.2, 0.25) is 0 Å². The number of aromatic nitrogens is 1. The minimum atomic E-state index is -3.23. The maximum absolute atomic E-state index is 12.9. The monoisotopic (exact) mass is 500 g/mol. The van der Waals surface area contributed by atoms with E-state index < -0.39 is 10.0 Å². The number of likely N-dealkylation sites (tertiary alicyclic amines) is 1. The Hall–Kier alpha value is -2.20. The summed E-state index contributed by atoms with van der Waals surface area (Å²) in [6, 6.07) is 6.32. The van der Waals surface area contributed by atoms with Crippen molar-refractivity contribution in [3.63, 3.8) is 0 Å². The molecular weight excluding hydrogens is 468 g/mol. The number of piperidine rings is 1. The number of hydrogen-bond donors (Lipinski definition) is 2. The lowest BCUT2D eigenvalue weighted by Gasteiger charge is -2.31. The number of amides is 1. The smallest absolute Gasteiger partial charge is 0.221 e. The summed E-state index contributed by atoms with van der Waals surface area (Å²) in [5.41, 5.74) is 10.8. The summed E-state index contributed by atoms with van der Waals surface area (Å²) in [5.74, 6) is 0.135. The molecule has 0 spiro atoms. The van der Waals surface area contributed by atoms with Crippen molar-refractivity contribution >= 4 is 38.2 Å². The molecule has 0 atom stereocenters. The summed E-state index contributed by atoms with van der Waals surface area (Å²) in [7, 11) is -3.23. The van der Waals surface area contributed by atoms with Crippen molar-refractivity contribution in [3.8, 4) is 11.1 Å². The molecule has 5 rings (SSSR count). The van der Waals surface area contributed by atoms with Crippen LogP contribution in [0.15, 0.2) is 35.2 Å². The number of nitrogens with one attached hydrogen (secondary N) is 1. The summed E-state index contributed by atoms with van der Waals surface area (Å²) in [6.45, 7) is 3.78. The summed E-state index contributed by atoms with van der Waals surface area (Å²) >= 11 is 1.64. The molecular formula is C25H32N4O3S2. The predicted molar refractivity (Wildman–Crippen MR) is 138 cm³/mol. The SMILES string of the molecule is NC(=O)Cc1cc(-c2ccsc2)cc2c(C3CCN(S(=O)(=O)CCN4CCCC4)CC3)c[nH]c12. The maximum atomic E-state index is 12.9. The number of sulfonamides is 1. The highest BCUT2D eigenvalue weighted by molar-refractivity contribution is 7.89. The molecule has 1 amide bonds. The summed E-state index contributed by atoms with van der Waals surface area (Å²) < 4.78 is 27.5. The van der Waals surface area contributed by atoms with Crippen molar-refractivity contribution in [1.82, 2.24) is 14.2 Å². The molecule has 0 unspecified atom stereocenters. The number of thiophene rings is 1. The van der Waals surface area contributed by atoms with Crippen LogP contribution in [0.5, 0.6) is 0 Å². The number of rotatable bonds is 8. The van der Waals surface area contributed by atoms with Gasteiger partial charge in [0.15, 0.2) is 0 Å². The Kier molecular flexibility index (Phi) is 6.79. The molecule has 34 heavy (non-hydrogen) atoms. The molecule has 1 aromatic carbocycles. The van der Waals surface area contributed by atoms with Gasteiger partial charge in [0.05, 0.1) is 12.2 Å². The first-order valence-electron chi connectivity index (χ1n) is 12.1. The molecule has 0 radical (unpaired) electrons. The average Bonchev–Trinajstić information content (AvgIpc) is 3.59. The highest BCUT2D eigenvalue weighted by Crippen LogP contribution is 2.37. The standard InChI is InChI=1S/C25H32N4O3S2/c26-24(30)15-21-13-20(19-5-11-33-17-19)14-22-23(16-27-25(21)22)18-3-8-29(9-4-18)34(31,32)12-10-28-6-1-2-7-28/h5,11,13-14,16-18,27H,1-4,6-10,12,15H2,(H2,26,30). The lowest BCUT2D eigenvalue weighted by atomic mass is 9.88. The zero-order chi connectivity index (χ0) is 23.7. The van der Waals surface area contributed by atoms with E-state index in [4.69, 9.17) is 5.73 Å². The molecule has 9 heteroatoms. The van der Waals surface area contributed by atoms with Gasteiger partial charge >= 0.3 is 0 Å². The van der Waals surface area contributed by atoms with Gasteiger partial charge in [-0.2, -0.15) is 11.3 Å². The Morgan fingerprint density at radius 3 is 2.56 bits per heavy atom. The molecule has 0 saturated carbocycles. The van der Waals surface area contributed by atoms with E-state index in [0.29, 0.717) is 19.6 Å². The molecule has 2 fully saturated rings. The molecule has 4 heterocycles. The van der Waals surface area contributed by atoms with Crippen LogP contribution in [0.1, 0.15) is 42.7 Å². The van der Waals surface area contributed by atoms with Gasteiger partial charge in [0.25, 0.3) is 0 Å². The molecule has 3 aromatic rings. The van der Waals surface area contributed by atoms with Gasteiger partial charge in [0.2, 0.25) is 15.9 Å². The average molecular weight is 501 g/mol. The second-order valence-electron chi connectivity index (χ2n) is 9.50. The fourth-order valence-corrected chi connectivity index (χ4v) is 7.59. The molecule has 182 valence electrons. The quantitative estimate of drug-likeness (QED) is 0.494. The number of carbonyl (C=O) groups is 1. The molecule has 0 bridgehead atoms. The van der Waals surface area contributed by atoms with Crippen molar-refractivity contribution in [1.29, 1.82) is 0 Å². The normalized spacial score (nSPS) is 18.7. The van der Waals surface area contributed by atoms with Crippen molar-refractivity contribution in [3.05, 3.63) is 46.3 Å². The van der Waals surface area contributed by atoms with E-state index in [0.717, 1.165) is 53.5 Å². The van der Waals surface area contributed by atoms with Crippen LogP contribution in [0.25, 0.3) is 22.0 Å². The van der Waals surface area contributed by atoms with Crippen LogP contribution < -0.4 is 5.73 Å². The molecule has 2 aliphatic rings. The van der Waals surface area contributed by atoms with E-state index >= 15 is 0 Å². The zero-order valence-electron chi connectivity index (χ0n) is 19.3. The third-order valence-corrected chi connectivity index (χ3v) is 9.81. The Balaban J connectivity index is 1.34. The third kappa shape index (κ3) is 4.93. The van der Waals surface area contributed by atoms with E-state index in [-0.39, 0.29) is 24.0 Å². The number of carbonyl (C=O) groups excluding carboxylic acids is 1. The van der Waals surface area contributed by atoms with Crippen LogP contribution in [0.4, 0.5) is 0 Å². The Morgan fingerprint density at radius 1 is 1.12 bits per heavy atom. The van der Waals surface area contributed by atoms with E-state index in [1.54, 1.807) is 15.6 Å². The molecule has 2 aromatic heterocycles. The van der Waals surface area contributed by atoms with Gasteiger partial charge in [-0.3, -0.25) is 4.79 Å². The van der Waals surface area contributed by atoms with Gasteiger partial charge in [-0.05, 0) is 95.9 Å². The Morgan fingerprint density at radius 2 is 1.88 bits per heavy atom. The van der Waals surface area contributed by atoms with E-state index in [9.17, 15) is 13.2 Å². The first-order chi connectivity index (χ1) is 16.4. The Bertz CT molecular complexity index is 1250. The topological polar surface area (TPSA) is 99.5 Å². The van der Waals surface area contributed by atoms with Gasteiger partial charge in [-0.1, -0.05) is 0 Å². The van der Waals surface area contributed by atoms with E-state index in [1.165, 1.54) is 18.4 Å². The number of H-pyrrole nitrogens is 1. The minimum absolute atomic E-state index is 0.183. The molecule has 7 nitrogen and oxygen atoms in total. The minimum Gasteiger partial charge on any atom is -0.369 e. The largest absolute Gasteiger partial charge is 0.369 e. The van der Waals surface area contributed by atoms with Gasteiger partial charge in [-0.15, -0.1) is 0 Å². The summed E-state index contributed by atoms with van der Waals surface area (Å²) in [4.78, 5) is 17.4. The number of nitrogens with two attached hydrogens (primary N) is 1. The zero-order valence-corrected chi connectivity index (χ0v) is 21.0. The maximum Gasteiger partial charge on any atom is 0.221 e. The number of benzene rings is 1. The third-order valence-electron chi connectivity index (χ3n) is 7.27. The van der Waals surface area contributed by atoms with Crippen LogP contribution in [0.3, 0.4) is 0 Å². The number of nitrogens with zero attached hydrogens (tertiary/aromatic N) is 2. The number of aromatic amines is 1. The van der Waals surface area contributed by atoms with Crippen molar-refractivity contribution in [2.75, 3.05) is 38.5 Å². The number of fused-ring (bicyclic) bond motifs is 1. The Labute approximate surface area is 205 Å². The fraction of sp³-hybridized carbons (Fsp3) is 0.480. The molecule has 2 saturated heterocycles. The van der Waals surface area contributed by atoms with Crippen molar-refractivity contribution < 1.29 is 13.2 Å². The van der Waals surface area contributed by atoms with Crippen molar-refractivity contribution in [2.45, 2.75) is 38.0 Å². The van der Waals surface area contributed by atoms with Crippen molar-refractivity contribution in [2.24, 2.45) is 5.73 Å². The van der Waals surface area contributed by atoms with Crippen LogP contribution >= 0.6 is 11.3 Å². The second-order valence-corrected chi connectivity index (χ2v) is 12.4. The van der Waals surface area contributed by atoms with Crippen LogP contribution in [-0.2, 0) is 21.2 Å². The van der Waals surface area contributed by atoms with Gasteiger partial charge in [-0.25, -0.2) is 12.7 Å². The number of hydrogen-bond acceptors (Lipinski definition) is 5. The van der Waals surface area contributed by atoms with Crippen LogP contribution in [0, 0.1) is 0 Å². The highest BCUT2D eigenvalue weighted by Gasteiger charge is 2.30. The van der Waals surface area contributed by atoms with E-state index in [2.05, 4.69) is 27.4 Å². The summed E-state index contributed by atoms with van der Waals surface area (Å²) in [6.07, 6.45) is 6.15. The molecule has 2 aliphatic heterocycles. The first kappa shape index (κ1) is 23.5. The fourth-order valence-electron chi connectivity index (χ4n) is 5.41. The molecule has 3 N–H and O–H groups in total. The lowest BCUT2D eigenvalue weighted by molar-refractivity contribution is -0.117. The second kappa shape index (κ2) is 9.81. The van der Waals surface area contributed by atoms with E-state index in [1.807, 2.05) is 17.6 Å². The van der Waals surface area contributed by atoms with Gasteiger partial charge in [0, 0.05) is 36.7 Å². The highest BCUT2D eigenvalue weighted by atomic mass is 32.2. The van der Waals surface area contributed by atoms with Gasteiger partial charge < -0.3 is 15.6 Å².